The van der Waals surface area contributed by atoms with Crippen LogP contribution in [-0.2, 0) is 13.1 Å². The maximum atomic E-state index is 10.4. The van der Waals surface area contributed by atoms with Crippen LogP contribution in [0.15, 0.2) is 12.4 Å². The first-order valence-corrected chi connectivity index (χ1v) is 9.07. The molecule has 3 rings (SSSR count). The van der Waals surface area contributed by atoms with Crippen molar-refractivity contribution < 1.29 is 5.11 Å². The van der Waals surface area contributed by atoms with Gasteiger partial charge in [-0.15, -0.1) is 0 Å². The Balaban J connectivity index is 1.62. The highest BCUT2D eigenvalue weighted by atomic mass is 16.3. The third kappa shape index (κ3) is 3.72. The van der Waals surface area contributed by atoms with Crippen molar-refractivity contribution in [3.05, 3.63) is 18.0 Å². The number of aliphatic hydroxyl groups excluding tert-OH is 1. The number of rotatable bonds is 5. The monoisotopic (exact) mass is 305 g/mol. The molecule has 1 aliphatic heterocycles. The first-order valence-electron chi connectivity index (χ1n) is 9.07. The Hall–Kier alpha value is -0.870. The van der Waals surface area contributed by atoms with Crippen molar-refractivity contribution in [2.75, 3.05) is 6.54 Å². The van der Waals surface area contributed by atoms with Gasteiger partial charge in [-0.3, -0.25) is 9.58 Å². The molecule has 0 radical (unpaired) electrons. The average molecular weight is 305 g/mol. The van der Waals surface area contributed by atoms with E-state index in [-0.39, 0.29) is 6.10 Å². The van der Waals surface area contributed by atoms with Crippen molar-refractivity contribution in [1.29, 1.82) is 0 Å². The van der Waals surface area contributed by atoms with Crippen molar-refractivity contribution in [3.8, 4) is 0 Å². The van der Waals surface area contributed by atoms with Gasteiger partial charge in [-0.05, 0) is 38.1 Å². The fraction of sp³-hybridized carbons (Fsp3) is 0.833. The molecule has 1 saturated carbocycles. The highest BCUT2D eigenvalue weighted by Crippen LogP contribution is 2.35. The zero-order chi connectivity index (χ0) is 15.5. The Morgan fingerprint density at radius 3 is 2.82 bits per heavy atom. The SMILES string of the molecule is CC(C)Cn1cc(CN2CCC[C@@H]2[C@@H]2CCCC[C@@H]2O)cn1. The van der Waals surface area contributed by atoms with Gasteiger partial charge < -0.3 is 5.11 Å². The normalized spacial score (nSPS) is 30.3. The van der Waals surface area contributed by atoms with Gasteiger partial charge in [0.25, 0.3) is 0 Å². The van der Waals surface area contributed by atoms with Crippen LogP contribution in [0, 0.1) is 11.8 Å². The van der Waals surface area contributed by atoms with Crippen molar-refractivity contribution in [3.63, 3.8) is 0 Å². The molecule has 0 unspecified atom stereocenters. The molecule has 4 heteroatoms. The molecule has 2 heterocycles. The maximum absolute atomic E-state index is 10.4. The van der Waals surface area contributed by atoms with E-state index in [2.05, 4.69) is 34.7 Å². The third-order valence-corrected chi connectivity index (χ3v) is 5.31. The van der Waals surface area contributed by atoms with Gasteiger partial charge in [-0.25, -0.2) is 0 Å². The molecule has 0 amide bonds. The Morgan fingerprint density at radius 2 is 2.05 bits per heavy atom. The standard InChI is InChI=1S/C18H31N3O/c1-14(2)11-21-13-15(10-19-21)12-20-9-5-7-17(20)16-6-3-4-8-18(16)22/h10,13-14,16-18,22H,3-9,11-12H2,1-2H3/t16-,17+,18-/m0/s1. The molecule has 0 aromatic carbocycles. The van der Waals surface area contributed by atoms with Crippen molar-refractivity contribution in [1.82, 2.24) is 14.7 Å². The van der Waals surface area contributed by atoms with E-state index in [0.29, 0.717) is 17.9 Å². The van der Waals surface area contributed by atoms with Crippen molar-refractivity contribution in [2.45, 2.75) is 77.6 Å². The molecule has 0 bridgehead atoms. The van der Waals surface area contributed by atoms with Crippen LogP contribution < -0.4 is 0 Å². The summed E-state index contributed by atoms with van der Waals surface area (Å²) in [5.74, 6) is 1.12. The second-order valence-electron chi connectivity index (χ2n) is 7.66. The van der Waals surface area contributed by atoms with Crippen LogP contribution in [-0.4, -0.2) is 38.5 Å². The van der Waals surface area contributed by atoms with Gasteiger partial charge in [0.2, 0.25) is 0 Å². The summed E-state index contributed by atoms with van der Waals surface area (Å²) in [5, 5.41) is 14.9. The minimum absolute atomic E-state index is 0.0805. The van der Waals surface area contributed by atoms with E-state index < -0.39 is 0 Å². The smallest absolute Gasteiger partial charge is 0.0583 e. The van der Waals surface area contributed by atoms with E-state index in [4.69, 9.17) is 0 Å². The van der Waals surface area contributed by atoms with Crippen LogP contribution >= 0.6 is 0 Å². The highest BCUT2D eigenvalue weighted by Gasteiger charge is 2.36. The van der Waals surface area contributed by atoms with Gasteiger partial charge in [0.1, 0.15) is 0 Å². The molecule has 3 atom stereocenters. The lowest BCUT2D eigenvalue weighted by Crippen LogP contribution is -2.42. The lowest BCUT2D eigenvalue weighted by Gasteiger charge is -2.37. The second-order valence-corrected chi connectivity index (χ2v) is 7.66. The summed E-state index contributed by atoms with van der Waals surface area (Å²) in [4.78, 5) is 2.59. The van der Waals surface area contributed by atoms with E-state index >= 15 is 0 Å². The van der Waals surface area contributed by atoms with E-state index in [1.54, 1.807) is 0 Å². The molecule has 1 aliphatic carbocycles. The summed E-state index contributed by atoms with van der Waals surface area (Å²) in [7, 11) is 0. The molecule has 1 aromatic rings. The maximum Gasteiger partial charge on any atom is 0.0583 e. The van der Waals surface area contributed by atoms with Crippen LogP contribution in [0.1, 0.15) is 57.9 Å². The number of aromatic nitrogens is 2. The molecule has 0 spiro atoms. The number of likely N-dealkylation sites (tertiary alicyclic amines) is 1. The summed E-state index contributed by atoms with van der Waals surface area (Å²) in [6, 6.07) is 0.573. The molecule has 2 aliphatic rings. The van der Waals surface area contributed by atoms with E-state index in [1.807, 2.05) is 6.20 Å². The highest BCUT2D eigenvalue weighted by molar-refractivity contribution is 5.05. The van der Waals surface area contributed by atoms with E-state index in [1.165, 1.54) is 44.2 Å². The largest absolute Gasteiger partial charge is 0.393 e. The zero-order valence-electron chi connectivity index (χ0n) is 14.1. The molecule has 1 aromatic heterocycles. The summed E-state index contributed by atoms with van der Waals surface area (Å²) in [5.41, 5.74) is 1.32. The van der Waals surface area contributed by atoms with Crippen LogP contribution in [0.5, 0.6) is 0 Å². The van der Waals surface area contributed by atoms with Gasteiger partial charge in [0.15, 0.2) is 0 Å². The van der Waals surface area contributed by atoms with Gasteiger partial charge in [-0.1, -0.05) is 26.7 Å². The number of hydrogen-bond donors (Lipinski definition) is 1. The summed E-state index contributed by atoms with van der Waals surface area (Å²) >= 11 is 0. The predicted octanol–water partition coefficient (Wildman–Crippen LogP) is 3.05. The topological polar surface area (TPSA) is 41.3 Å². The average Bonchev–Trinajstić information content (AvgIpc) is 3.09. The Kier molecular flexibility index (Phi) is 5.19. The van der Waals surface area contributed by atoms with Gasteiger partial charge in [-0.2, -0.15) is 5.10 Å². The molecule has 1 N–H and O–H groups in total. The number of nitrogens with zero attached hydrogens (tertiary/aromatic N) is 3. The minimum atomic E-state index is -0.0805. The Morgan fingerprint density at radius 1 is 1.23 bits per heavy atom. The quantitative estimate of drug-likeness (QED) is 0.909. The molecular weight excluding hydrogens is 274 g/mol. The predicted molar refractivity (Wildman–Crippen MR) is 88.5 cm³/mol. The molecular formula is C18H31N3O. The number of aliphatic hydroxyl groups is 1. The van der Waals surface area contributed by atoms with Crippen LogP contribution in [0.4, 0.5) is 0 Å². The Bertz CT molecular complexity index is 471. The fourth-order valence-corrected chi connectivity index (χ4v) is 4.32. The molecule has 1 saturated heterocycles. The number of hydrogen-bond acceptors (Lipinski definition) is 3. The van der Waals surface area contributed by atoms with Crippen LogP contribution in [0.3, 0.4) is 0 Å². The molecule has 124 valence electrons. The van der Waals surface area contributed by atoms with E-state index in [0.717, 1.165) is 19.5 Å². The van der Waals surface area contributed by atoms with Crippen molar-refractivity contribution >= 4 is 0 Å². The van der Waals surface area contributed by atoms with Gasteiger partial charge in [0.05, 0.1) is 12.3 Å². The van der Waals surface area contributed by atoms with Crippen molar-refractivity contribution in [2.24, 2.45) is 11.8 Å². The first kappa shape index (κ1) is 16.0. The van der Waals surface area contributed by atoms with Gasteiger partial charge >= 0.3 is 0 Å². The Labute approximate surface area is 134 Å². The lowest BCUT2D eigenvalue weighted by molar-refractivity contribution is 0.0201. The van der Waals surface area contributed by atoms with Gasteiger partial charge in [0, 0.05) is 36.8 Å². The lowest BCUT2D eigenvalue weighted by atomic mass is 9.80. The fourth-order valence-electron chi connectivity index (χ4n) is 4.32. The molecule has 2 fully saturated rings. The van der Waals surface area contributed by atoms with Crippen LogP contribution in [0.25, 0.3) is 0 Å². The first-order chi connectivity index (χ1) is 10.6. The molecule has 4 nitrogen and oxygen atoms in total. The minimum Gasteiger partial charge on any atom is -0.393 e. The summed E-state index contributed by atoms with van der Waals surface area (Å²) in [6.07, 6.45) is 11.4. The zero-order valence-corrected chi connectivity index (χ0v) is 14.1. The van der Waals surface area contributed by atoms with E-state index in [9.17, 15) is 5.11 Å². The second kappa shape index (κ2) is 7.14. The third-order valence-electron chi connectivity index (χ3n) is 5.31. The summed E-state index contributed by atoms with van der Waals surface area (Å²) in [6.45, 7) is 7.60. The molecule has 22 heavy (non-hydrogen) atoms. The summed E-state index contributed by atoms with van der Waals surface area (Å²) < 4.78 is 2.07. The van der Waals surface area contributed by atoms with Crippen LogP contribution in [0.2, 0.25) is 0 Å².